The number of aldehydes is 1. The van der Waals surface area contributed by atoms with Crippen LogP contribution in [0.2, 0.25) is 0 Å². The molecule has 0 N–H and O–H groups in total. The van der Waals surface area contributed by atoms with Gasteiger partial charge < -0.3 is 4.18 Å². The predicted molar refractivity (Wildman–Crippen MR) is 61.0 cm³/mol. The van der Waals surface area contributed by atoms with Gasteiger partial charge in [0.05, 0.1) is 0 Å². The molecule has 0 spiro atoms. The van der Waals surface area contributed by atoms with Crippen molar-refractivity contribution in [2.75, 3.05) is 0 Å². The van der Waals surface area contributed by atoms with Gasteiger partial charge >= 0.3 is 20.7 Å². The van der Waals surface area contributed by atoms with Gasteiger partial charge in [-0.25, -0.2) is 0 Å². The third-order valence-corrected chi connectivity index (χ3v) is 3.23. The first kappa shape index (κ1) is 15.5. The molecule has 1 aromatic rings. The van der Waals surface area contributed by atoms with E-state index in [-0.39, 0.29) is 23.0 Å². The normalized spacial score (nSPS) is 12.2. The lowest BCUT2D eigenvalue weighted by Gasteiger charge is -2.09. The Morgan fingerprint density at radius 1 is 1.21 bits per heavy atom. The van der Waals surface area contributed by atoms with Crippen molar-refractivity contribution in [3.8, 4) is 5.75 Å². The number of hydrogen-bond acceptors (Lipinski definition) is 6. The lowest BCUT2D eigenvalue weighted by atomic mass is 10.0. The molecule has 0 radical (unpaired) electrons. The van der Waals surface area contributed by atoms with E-state index in [4.69, 9.17) is 0 Å². The summed E-state index contributed by atoms with van der Waals surface area (Å²) < 4.78 is 70.6. The molecule has 0 saturated carbocycles. The molecule has 0 aliphatic rings. The average molecular weight is 314 g/mol. The van der Waals surface area contributed by atoms with E-state index in [2.05, 4.69) is 4.18 Å². The molecule has 0 aromatic heterocycles. The van der Waals surface area contributed by atoms with Crippen LogP contribution in [0.4, 0.5) is 7.77 Å². The maximum Gasteiger partial charge on any atom is 0.488 e. The molecule has 0 fully saturated rings. The van der Waals surface area contributed by atoms with Crippen LogP contribution < -0.4 is 4.18 Å². The lowest BCUT2D eigenvalue weighted by molar-refractivity contribution is 0.112. The van der Waals surface area contributed by atoms with Crippen LogP contribution >= 0.6 is 0 Å². The van der Waals surface area contributed by atoms with Crippen LogP contribution in [-0.2, 0) is 26.5 Å². The molecule has 0 bridgehead atoms. The fourth-order valence-electron chi connectivity index (χ4n) is 1.39. The third kappa shape index (κ3) is 4.91. The summed E-state index contributed by atoms with van der Waals surface area (Å²) in [6.45, 7) is 1.33. The monoisotopic (exact) mass is 314 g/mol. The second-order valence-electron chi connectivity index (χ2n) is 3.57. The van der Waals surface area contributed by atoms with E-state index >= 15 is 0 Å². The number of carbonyl (C=O) groups excluding carboxylic acids is 1. The van der Waals surface area contributed by atoms with Crippen LogP contribution in [0.25, 0.3) is 0 Å². The van der Waals surface area contributed by atoms with Crippen molar-refractivity contribution in [2.24, 2.45) is 0 Å². The summed E-state index contributed by atoms with van der Waals surface area (Å²) in [4.78, 5) is 10.7. The Labute approximate surface area is 108 Å². The zero-order valence-corrected chi connectivity index (χ0v) is 11.1. The van der Waals surface area contributed by atoms with Gasteiger partial charge in [-0.15, -0.1) is 3.89 Å². The Morgan fingerprint density at radius 3 is 2.21 bits per heavy atom. The third-order valence-electron chi connectivity index (χ3n) is 2.18. The van der Waals surface area contributed by atoms with Gasteiger partial charge in [0.15, 0.2) is 0 Å². The zero-order valence-electron chi connectivity index (χ0n) is 9.46. The maximum absolute atomic E-state index is 12.6. The van der Waals surface area contributed by atoms with Gasteiger partial charge in [0.25, 0.3) is 0 Å². The summed E-state index contributed by atoms with van der Waals surface area (Å²) in [5.41, 5.74) is -0.217. The molecule has 0 heterocycles. The molecule has 0 aliphatic heterocycles. The summed E-state index contributed by atoms with van der Waals surface area (Å²) in [7, 11) is -10.2. The summed E-state index contributed by atoms with van der Waals surface area (Å²) in [5, 5.41) is 0. The Kier molecular flexibility index (Phi) is 4.25. The Hall–Kier alpha value is -1.55. The number of halogens is 2. The SMILES string of the molecule is Cc1c(C=O)cc(OS(=O)(=O)F)cc1CS(=O)(=O)F. The van der Waals surface area contributed by atoms with Crippen LogP contribution in [0.15, 0.2) is 12.1 Å². The molecule has 1 rings (SSSR count). The fourth-order valence-corrected chi connectivity index (χ4v) is 2.39. The second-order valence-corrected chi connectivity index (χ2v) is 5.89. The minimum atomic E-state index is -5.33. The maximum atomic E-state index is 12.6. The molecule has 0 amide bonds. The predicted octanol–water partition coefficient (Wildman–Crippen LogP) is 1.20. The van der Waals surface area contributed by atoms with Gasteiger partial charge in [0.2, 0.25) is 0 Å². The van der Waals surface area contributed by atoms with Gasteiger partial charge in [-0.3, -0.25) is 4.79 Å². The first-order chi connectivity index (χ1) is 8.52. The van der Waals surface area contributed by atoms with Crippen molar-refractivity contribution in [1.82, 2.24) is 0 Å². The van der Waals surface area contributed by atoms with Crippen LogP contribution in [-0.4, -0.2) is 23.1 Å². The zero-order chi connectivity index (χ0) is 14.8. The van der Waals surface area contributed by atoms with E-state index < -0.39 is 32.2 Å². The molecule has 19 heavy (non-hydrogen) atoms. The quantitative estimate of drug-likeness (QED) is 0.598. The minimum absolute atomic E-state index is 0.125. The number of hydrogen-bond donors (Lipinski definition) is 0. The van der Waals surface area contributed by atoms with Gasteiger partial charge in [-0.2, -0.15) is 16.8 Å². The molecule has 0 atom stereocenters. The largest absolute Gasteiger partial charge is 0.488 e. The van der Waals surface area contributed by atoms with E-state index in [9.17, 15) is 29.4 Å². The standard InChI is InChI=1S/C9H8F2O6S2/c1-6-7(4-12)2-9(17-19(11,15)16)3-8(6)5-18(10,13)14/h2-4H,5H2,1H3. The molecule has 0 aliphatic carbocycles. The summed E-state index contributed by atoms with van der Waals surface area (Å²) in [6.07, 6.45) is 0.279. The molecular formula is C9H8F2O6S2. The Balaban J connectivity index is 3.38. The highest BCUT2D eigenvalue weighted by atomic mass is 32.3. The number of rotatable bonds is 5. The first-order valence-corrected chi connectivity index (χ1v) is 7.53. The Bertz CT molecular complexity index is 708. The Morgan fingerprint density at radius 2 is 1.79 bits per heavy atom. The van der Waals surface area contributed by atoms with Crippen molar-refractivity contribution < 1.29 is 33.6 Å². The van der Waals surface area contributed by atoms with E-state index in [0.717, 1.165) is 12.1 Å². The summed E-state index contributed by atoms with van der Waals surface area (Å²) >= 11 is 0. The van der Waals surface area contributed by atoms with Crippen molar-refractivity contribution in [2.45, 2.75) is 12.7 Å². The van der Waals surface area contributed by atoms with Gasteiger partial charge in [0, 0.05) is 5.56 Å². The van der Waals surface area contributed by atoms with Gasteiger partial charge in [0.1, 0.15) is 17.8 Å². The van der Waals surface area contributed by atoms with Crippen molar-refractivity contribution in [3.05, 3.63) is 28.8 Å². The summed E-state index contributed by atoms with van der Waals surface area (Å²) in [6, 6.07) is 1.73. The minimum Gasteiger partial charge on any atom is -0.358 e. The van der Waals surface area contributed by atoms with Crippen molar-refractivity contribution in [1.29, 1.82) is 0 Å². The highest BCUT2D eigenvalue weighted by molar-refractivity contribution is 7.85. The molecule has 1 aromatic carbocycles. The fraction of sp³-hybridized carbons (Fsp3) is 0.222. The highest BCUT2D eigenvalue weighted by Crippen LogP contribution is 2.24. The van der Waals surface area contributed by atoms with Crippen LogP contribution in [0.5, 0.6) is 5.75 Å². The van der Waals surface area contributed by atoms with Gasteiger partial charge in [-0.1, -0.05) is 3.89 Å². The highest BCUT2D eigenvalue weighted by Gasteiger charge is 2.17. The topological polar surface area (TPSA) is 94.6 Å². The van der Waals surface area contributed by atoms with Crippen LogP contribution in [0.1, 0.15) is 21.5 Å². The summed E-state index contributed by atoms with van der Waals surface area (Å²) in [5.74, 6) is -1.70. The van der Waals surface area contributed by atoms with E-state index in [0.29, 0.717) is 0 Å². The molecular weight excluding hydrogens is 306 g/mol. The van der Waals surface area contributed by atoms with Crippen molar-refractivity contribution >= 4 is 27.0 Å². The van der Waals surface area contributed by atoms with E-state index in [1.54, 1.807) is 0 Å². The van der Waals surface area contributed by atoms with Crippen LogP contribution in [0, 0.1) is 6.92 Å². The number of carbonyl (C=O) groups is 1. The van der Waals surface area contributed by atoms with E-state index in [1.165, 1.54) is 6.92 Å². The first-order valence-electron chi connectivity index (χ1n) is 4.67. The van der Waals surface area contributed by atoms with Crippen LogP contribution in [0.3, 0.4) is 0 Å². The van der Waals surface area contributed by atoms with Gasteiger partial charge in [-0.05, 0) is 30.2 Å². The molecule has 10 heteroatoms. The molecule has 6 nitrogen and oxygen atoms in total. The average Bonchev–Trinajstić information content (AvgIpc) is 2.18. The number of benzene rings is 1. The van der Waals surface area contributed by atoms with E-state index in [1.807, 2.05) is 0 Å². The second kappa shape index (κ2) is 5.21. The van der Waals surface area contributed by atoms with Crippen molar-refractivity contribution in [3.63, 3.8) is 0 Å². The molecule has 0 unspecified atom stereocenters. The smallest absolute Gasteiger partial charge is 0.358 e. The molecule has 106 valence electrons. The lowest BCUT2D eigenvalue weighted by Crippen LogP contribution is -2.06. The molecule has 0 saturated heterocycles.